The minimum Gasteiger partial charge on any atom is -0.457 e. The fourth-order valence-electron chi connectivity index (χ4n) is 5.62. The Bertz CT molecular complexity index is 931. The van der Waals surface area contributed by atoms with Crippen LogP contribution in [0.2, 0.25) is 0 Å². The summed E-state index contributed by atoms with van der Waals surface area (Å²) in [6, 6.07) is 17.5. The molecule has 2 atom stereocenters. The number of carbonyl (C=O) groups is 1. The van der Waals surface area contributed by atoms with Gasteiger partial charge in [-0.2, -0.15) is 0 Å². The average Bonchev–Trinajstić information content (AvgIpc) is 2.92. The Hall–Kier alpha value is -2.41. The van der Waals surface area contributed by atoms with E-state index in [1.54, 1.807) is 7.11 Å². The van der Waals surface area contributed by atoms with Crippen LogP contribution >= 0.6 is 0 Å². The maximum absolute atomic E-state index is 13.3. The van der Waals surface area contributed by atoms with Gasteiger partial charge in [-0.3, -0.25) is 4.79 Å². The zero-order chi connectivity index (χ0) is 24.5. The minimum atomic E-state index is -1.09. The van der Waals surface area contributed by atoms with Crippen LogP contribution in [0.25, 0.3) is 0 Å². The molecule has 6 nitrogen and oxygen atoms in total. The highest BCUT2D eigenvalue weighted by Crippen LogP contribution is 2.44. The number of aliphatic hydroxyl groups is 1. The van der Waals surface area contributed by atoms with Gasteiger partial charge in [0.15, 0.2) is 0 Å². The Morgan fingerprint density at radius 1 is 1.06 bits per heavy atom. The number of benzene rings is 2. The zero-order valence-electron chi connectivity index (χ0n) is 21.0. The van der Waals surface area contributed by atoms with Gasteiger partial charge in [0.05, 0.1) is 5.60 Å². The van der Waals surface area contributed by atoms with Crippen molar-refractivity contribution in [2.75, 3.05) is 39.9 Å². The number of hydrogen-bond donors (Lipinski definition) is 2. The molecule has 2 heterocycles. The number of likely N-dealkylation sites (tertiary alicyclic amines) is 1. The number of unbranched alkanes of at least 4 members (excludes halogenated alkanes) is 1. The molecule has 190 valence electrons. The van der Waals surface area contributed by atoms with Crippen LogP contribution in [0.15, 0.2) is 54.6 Å². The topological polar surface area (TPSA) is 71.0 Å². The van der Waals surface area contributed by atoms with Crippen molar-refractivity contribution in [2.45, 2.75) is 50.5 Å². The molecule has 2 saturated heterocycles. The summed E-state index contributed by atoms with van der Waals surface area (Å²) in [5.74, 6) is 1.72. The summed E-state index contributed by atoms with van der Waals surface area (Å²) < 4.78 is 11.5. The molecule has 0 bridgehead atoms. The Labute approximate surface area is 209 Å². The van der Waals surface area contributed by atoms with Crippen LogP contribution in [0.5, 0.6) is 11.5 Å². The summed E-state index contributed by atoms with van der Waals surface area (Å²) in [6.07, 6.45) is 5.91. The number of nitrogens with one attached hydrogen (secondary N) is 1. The molecular formula is C29H40N2O4. The standard InChI is InChI=1S/C29H40N2O4/c1-34-21-8-7-17-29(33,26-13-5-6-14-27(26)35-25-11-3-2-4-12-25)24-10-9-20-31(22-24)28(32)23-15-18-30-19-16-23/h2-6,11-14,23-24,30,33H,7-10,15-22H2,1H3/t24?,29-/m0/s1. The lowest BCUT2D eigenvalue weighted by Crippen LogP contribution is -2.50. The molecular weight excluding hydrogens is 440 g/mol. The molecule has 0 saturated carbocycles. The minimum absolute atomic E-state index is 0.0509. The number of piperidine rings is 2. The van der Waals surface area contributed by atoms with Crippen molar-refractivity contribution in [3.05, 3.63) is 60.2 Å². The second kappa shape index (κ2) is 12.5. The third-order valence-electron chi connectivity index (χ3n) is 7.58. The van der Waals surface area contributed by atoms with Gasteiger partial charge in [-0.05, 0) is 76.2 Å². The normalized spacial score (nSPS) is 20.9. The molecule has 6 heteroatoms. The van der Waals surface area contributed by atoms with Crippen LogP contribution in [-0.2, 0) is 15.1 Å². The summed E-state index contributed by atoms with van der Waals surface area (Å²) in [7, 11) is 1.71. The van der Waals surface area contributed by atoms with Crippen LogP contribution in [0.4, 0.5) is 0 Å². The predicted octanol–water partition coefficient (Wildman–Crippen LogP) is 4.72. The number of para-hydroxylation sites is 2. The Morgan fingerprint density at radius 2 is 1.80 bits per heavy atom. The molecule has 2 aliphatic rings. The maximum Gasteiger partial charge on any atom is 0.225 e. The van der Waals surface area contributed by atoms with E-state index in [4.69, 9.17) is 9.47 Å². The van der Waals surface area contributed by atoms with Gasteiger partial charge in [0.25, 0.3) is 0 Å². The first-order chi connectivity index (χ1) is 17.1. The first-order valence-electron chi connectivity index (χ1n) is 13.1. The number of rotatable bonds is 10. The molecule has 4 rings (SSSR count). The van der Waals surface area contributed by atoms with Gasteiger partial charge in [0.2, 0.25) is 5.91 Å². The average molecular weight is 481 g/mol. The molecule has 2 aromatic rings. The summed E-state index contributed by atoms with van der Waals surface area (Å²) in [5.41, 5.74) is -0.283. The number of nitrogens with zero attached hydrogens (tertiary/aromatic N) is 1. The van der Waals surface area contributed by atoms with Crippen molar-refractivity contribution in [3.8, 4) is 11.5 Å². The highest BCUT2D eigenvalue weighted by Gasteiger charge is 2.43. The van der Waals surface area contributed by atoms with Crippen molar-refractivity contribution in [2.24, 2.45) is 11.8 Å². The molecule has 0 spiro atoms. The Balaban J connectivity index is 1.59. The first kappa shape index (κ1) is 25.7. The fraction of sp³-hybridized carbons (Fsp3) is 0.552. The molecule has 0 aliphatic carbocycles. The van der Waals surface area contributed by atoms with Crippen molar-refractivity contribution < 1.29 is 19.4 Å². The number of methoxy groups -OCH3 is 1. The second-order valence-corrected chi connectivity index (χ2v) is 9.93. The van der Waals surface area contributed by atoms with Gasteiger partial charge in [-0.1, -0.05) is 36.4 Å². The van der Waals surface area contributed by atoms with E-state index in [0.717, 1.165) is 69.5 Å². The molecule has 2 fully saturated rings. The SMILES string of the molecule is COCCCC[C@@](O)(c1ccccc1Oc1ccccc1)C1CCCN(C(=O)C2CCNCC2)C1. The van der Waals surface area contributed by atoms with Crippen LogP contribution in [-0.4, -0.2) is 55.8 Å². The van der Waals surface area contributed by atoms with Crippen molar-refractivity contribution >= 4 is 5.91 Å². The molecule has 1 unspecified atom stereocenters. The van der Waals surface area contributed by atoms with Gasteiger partial charge in [-0.15, -0.1) is 0 Å². The van der Waals surface area contributed by atoms with Crippen LogP contribution in [0.1, 0.15) is 50.5 Å². The molecule has 0 aromatic heterocycles. The molecule has 2 N–H and O–H groups in total. The highest BCUT2D eigenvalue weighted by atomic mass is 16.5. The fourth-order valence-corrected chi connectivity index (χ4v) is 5.62. The zero-order valence-corrected chi connectivity index (χ0v) is 21.0. The Morgan fingerprint density at radius 3 is 2.57 bits per heavy atom. The van der Waals surface area contributed by atoms with E-state index in [1.807, 2.05) is 59.5 Å². The lowest BCUT2D eigenvalue weighted by molar-refractivity contribution is -0.142. The monoisotopic (exact) mass is 480 g/mol. The van der Waals surface area contributed by atoms with Crippen molar-refractivity contribution in [1.29, 1.82) is 0 Å². The van der Waals surface area contributed by atoms with Gasteiger partial charge in [-0.25, -0.2) is 0 Å². The van der Waals surface area contributed by atoms with Gasteiger partial charge in [0.1, 0.15) is 11.5 Å². The van der Waals surface area contributed by atoms with Crippen molar-refractivity contribution in [3.63, 3.8) is 0 Å². The maximum atomic E-state index is 13.3. The van der Waals surface area contributed by atoms with Gasteiger partial charge in [0, 0.05) is 44.2 Å². The largest absolute Gasteiger partial charge is 0.457 e. The van der Waals surface area contributed by atoms with E-state index in [9.17, 15) is 9.90 Å². The summed E-state index contributed by atoms with van der Waals surface area (Å²) >= 11 is 0. The van der Waals surface area contributed by atoms with E-state index >= 15 is 0 Å². The number of amides is 1. The lowest BCUT2D eigenvalue weighted by Gasteiger charge is -2.44. The van der Waals surface area contributed by atoms with Crippen molar-refractivity contribution in [1.82, 2.24) is 10.2 Å². The van der Waals surface area contributed by atoms with Crippen LogP contribution < -0.4 is 10.1 Å². The van der Waals surface area contributed by atoms with Crippen LogP contribution in [0.3, 0.4) is 0 Å². The molecule has 1 amide bonds. The summed E-state index contributed by atoms with van der Waals surface area (Å²) in [4.78, 5) is 15.4. The number of carbonyl (C=O) groups excluding carboxylic acids is 1. The lowest BCUT2D eigenvalue weighted by atomic mass is 9.73. The van der Waals surface area contributed by atoms with Crippen LogP contribution in [0, 0.1) is 11.8 Å². The summed E-state index contributed by atoms with van der Waals surface area (Å²) in [5, 5.41) is 15.8. The second-order valence-electron chi connectivity index (χ2n) is 9.93. The predicted molar refractivity (Wildman–Crippen MR) is 137 cm³/mol. The van der Waals surface area contributed by atoms with E-state index in [1.165, 1.54) is 0 Å². The quantitative estimate of drug-likeness (QED) is 0.482. The number of ether oxygens (including phenoxy) is 2. The van der Waals surface area contributed by atoms with E-state index < -0.39 is 5.60 Å². The molecule has 0 radical (unpaired) electrons. The number of hydrogen-bond acceptors (Lipinski definition) is 5. The Kier molecular flexibility index (Phi) is 9.18. The summed E-state index contributed by atoms with van der Waals surface area (Å²) in [6.45, 7) is 3.84. The van der Waals surface area contributed by atoms with E-state index in [2.05, 4.69) is 5.32 Å². The van der Waals surface area contributed by atoms with E-state index in [0.29, 0.717) is 25.3 Å². The smallest absolute Gasteiger partial charge is 0.225 e. The van der Waals surface area contributed by atoms with Gasteiger partial charge < -0.3 is 24.8 Å². The molecule has 2 aromatic carbocycles. The third-order valence-corrected chi connectivity index (χ3v) is 7.58. The third kappa shape index (κ3) is 6.43. The van der Waals surface area contributed by atoms with E-state index in [-0.39, 0.29) is 17.7 Å². The van der Waals surface area contributed by atoms with Gasteiger partial charge >= 0.3 is 0 Å². The highest BCUT2D eigenvalue weighted by molar-refractivity contribution is 5.79. The molecule has 35 heavy (non-hydrogen) atoms. The first-order valence-corrected chi connectivity index (χ1v) is 13.1. The molecule has 2 aliphatic heterocycles.